The van der Waals surface area contributed by atoms with Crippen LogP contribution in [-0.2, 0) is 6.54 Å². The van der Waals surface area contributed by atoms with Gasteiger partial charge in [0.25, 0.3) is 5.56 Å². The summed E-state index contributed by atoms with van der Waals surface area (Å²) in [6, 6.07) is 18.1. The van der Waals surface area contributed by atoms with E-state index in [9.17, 15) is 4.79 Å². The van der Waals surface area contributed by atoms with Gasteiger partial charge in [-0.2, -0.15) is 0 Å². The molecule has 1 fully saturated rings. The highest BCUT2D eigenvalue weighted by Crippen LogP contribution is 2.22. The molecule has 4 rings (SSSR count). The molecule has 0 atom stereocenters. The molecule has 24 heavy (non-hydrogen) atoms. The van der Waals surface area contributed by atoms with Gasteiger partial charge in [0.1, 0.15) is 5.52 Å². The van der Waals surface area contributed by atoms with E-state index in [-0.39, 0.29) is 11.6 Å². The fraction of sp³-hybridized carbons (Fsp3) is 0.316. The summed E-state index contributed by atoms with van der Waals surface area (Å²) >= 11 is 0. The molecule has 0 saturated carbocycles. The standard InChI is InChI=1S/C19H20N4O/c24-19-17-8-4-5-9-18(17)20-21-23(19)16-10-12-22(13-11-16)14-15-6-2-1-3-7-15/h1-9,16H,10-14H2. The fourth-order valence-electron chi connectivity index (χ4n) is 3.40. The summed E-state index contributed by atoms with van der Waals surface area (Å²) in [7, 11) is 0. The van der Waals surface area contributed by atoms with Crippen molar-refractivity contribution in [1.82, 2.24) is 19.9 Å². The smallest absolute Gasteiger partial charge is 0.277 e. The van der Waals surface area contributed by atoms with Gasteiger partial charge >= 0.3 is 0 Å². The van der Waals surface area contributed by atoms with Gasteiger partial charge in [-0.3, -0.25) is 9.69 Å². The fourth-order valence-corrected chi connectivity index (χ4v) is 3.40. The molecule has 0 unspecified atom stereocenters. The second-order valence-corrected chi connectivity index (χ2v) is 6.35. The van der Waals surface area contributed by atoms with E-state index < -0.39 is 0 Å². The number of likely N-dealkylation sites (tertiary alicyclic amines) is 1. The monoisotopic (exact) mass is 320 g/mol. The minimum Gasteiger partial charge on any atom is -0.299 e. The van der Waals surface area contributed by atoms with Crippen molar-refractivity contribution in [2.24, 2.45) is 0 Å². The van der Waals surface area contributed by atoms with Crippen LogP contribution in [0.15, 0.2) is 59.4 Å². The maximum Gasteiger partial charge on any atom is 0.277 e. The molecule has 0 spiro atoms. The summed E-state index contributed by atoms with van der Waals surface area (Å²) < 4.78 is 1.59. The zero-order valence-corrected chi connectivity index (χ0v) is 13.5. The van der Waals surface area contributed by atoms with Gasteiger partial charge in [-0.1, -0.05) is 47.7 Å². The number of aromatic nitrogens is 3. The maximum absolute atomic E-state index is 12.6. The summed E-state index contributed by atoms with van der Waals surface area (Å²) in [5.41, 5.74) is 1.97. The van der Waals surface area contributed by atoms with Crippen LogP contribution in [0.1, 0.15) is 24.4 Å². The lowest BCUT2D eigenvalue weighted by molar-refractivity contribution is 0.169. The molecule has 0 amide bonds. The molecule has 0 N–H and O–H groups in total. The number of fused-ring (bicyclic) bond motifs is 1. The van der Waals surface area contributed by atoms with Crippen molar-refractivity contribution in [2.75, 3.05) is 13.1 Å². The number of piperidine rings is 1. The Labute approximate surface area is 140 Å². The first kappa shape index (κ1) is 15.0. The summed E-state index contributed by atoms with van der Waals surface area (Å²) in [5.74, 6) is 0. The van der Waals surface area contributed by atoms with Crippen LogP contribution in [0.2, 0.25) is 0 Å². The van der Waals surface area contributed by atoms with E-state index in [2.05, 4.69) is 39.5 Å². The number of hydrogen-bond donors (Lipinski definition) is 0. The molecule has 2 heterocycles. The second-order valence-electron chi connectivity index (χ2n) is 6.35. The van der Waals surface area contributed by atoms with E-state index in [0.717, 1.165) is 32.5 Å². The van der Waals surface area contributed by atoms with Crippen LogP contribution in [0.25, 0.3) is 10.9 Å². The zero-order valence-electron chi connectivity index (χ0n) is 13.5. The Kier molecular flexibility index (Phi) is 4.09. The van der Waals surface area contributed by atoms with Gasteiger partial charge in [0, 0.05) is 19.6 Å². The van der Waals surface area contributed by atoms with Crippen LogP contribution in [0.5, 0.6) is 0 Å². The van der Waals surface area contributed by atoms with E-state index in [1.807, 2.05) is 30.3 Å². The van der Waals surface area contributed by atoms with Crippen molar-refractivity contribution in [3.8, 4) is 0 Å². The Morgan fingerprint density at radius 3 is 2.46 bits per heavy atom. The van der Waals surface area contributed by atoms with Gasteiger partial charge in [0.15, 0.2) is 0 Å². The molecule has 122 valence electrons. The van der Waals surface area contributed by atoms with Gasteiger partial charge in [-0.05, 0) is 30.5 Å². The molecular weight excluding hydrogens is 300 g/mol. The third kappa shape index (κ3) is 2.95. The Morgan fingerprint density at radius 1 is 0.958 bits per heavy atom. The predicted octanol–water partition coefficient (Wildman–Crippen LogP) is 2.63. The first-order valence-electron chi connectivity index (χ1n) is 8.42. The van der Waals surface area contributed by atoms with E-state index in [1.165, 1.54) is 5.56 Å². The average Bonchev–Trinajstić information content (AvgIpc) is 2.64. The van der Waals surface area contributed by atoms with Gasteiger partial charge in [0.2, 0.25) is 0 Å². The van der Waals surface area contributed by atoms with Crippen molar-refractivity contribution in [3.63, 3.8) is 0 Å². The number of hydrogen-bond acceptors (Lipinski definition) is 4. The van der Waals surface area contributed by atoms with Gasteiger partial charge in [-0.25, -0.2) is 4.68 Å². The highest BCUT2D eigenvalue weighted by molar-refractivity contribution is 5.76. The molecular formula is C19H20N4O. The second kappa shape index (κ2) is 6.53. The molecule has 1 aliphatic rings. The first-order valence-corrected chi connectivity index (χ1v) is 8.42. The van der Waals surface area contributed by atoms with Crippen LogP contribution in [-0.4, -0.2) is 33.0 Å². The van der Waals surface area contributed by atoms with E-state index in [1.54, 1.807) is 4.68 Å². The largest absolute Gasteiger partial charge is 0.299 e. The first-order chi connectivity index (χ1) is 11.8. The SMILES string of the molecule is O=c1c2ccccc2nnn1C1CCN(Cc2ccccc2)CC1. The number of benzene rings is 2. The topological polar surface area (TPSA) is 51.0 Å². The average molecular weight is 320 g/mol. The third-order valence-corrected chi connectivity index (χ3v) is 4.74. The normalized spacial score (nSPS) is 16.5. The maximum atomic E-state index is 12.6. The lowest BCUT2D eigenvalue weighted by Gasteiger charge is -2.32. The van der Waals surface area contributed by atoms with E-state index in [4.69, 9.17) is 0 Å². The van der Waals surface area contributed by atoms with Crippen molar-refractivity contribution in [3.05, 3.63) is 70.5 Å². The van der Waals surface area contributed by atoms with Crippen LogP contribution in [0.3, 0.4) is 0 Å². The van der Waals surface area contributed by atoms with Crippen LogP contribution in [0, 0.1) is 0 Å². The van der Waals surface area contributed by atoms with Crippen LogP contribution < -0.4 is 5.56 Å². The lowest BCUT2D eigenvalue weighted by Crippen LogP contribution is -2.38. The Morgan fingerprint density at radius 2 is 1.67 bits per heavy atom. The number of rotatable bonds is 3. The van der Waals surface area contributed by atoms with Crippen LogP contribution >= 0.6 is 0 Å². The molecule has 5 heteroatoms. The molecule has 2 aromatic carbocycles. The number of nitrogens with zero attached hydrogens (tertiary/aromatic N) is 4. The molecule has 1 saturated heterocycles. The van der Waals surface area contributed by atoms with Gasteiger partial charge in [0.05, 0.1) is 11.4 Å². The minimum absolute atomic E-state index is 0.0258. The minimum atomic E-state index is -0.0258. The highest BCUT2D eigenvalue weighted by Gasteiger charge is 2.23. The molecule has 0 radical (unpaired) electrons. The van der Waals surface area contributed by atoms with Crippen molar-refractivity contribution < 1.29 is 0 Å². The Bertz CT molecular complexity index is 883. The summed E-state index contributed by atoms with van der Waals surface area (Å²) in [6.07, 6.45) is 1.86. The molecule has 0 aliphatic carbocycles. The molecule has 1 aliphatic heterocycles. The highest BCUT2D eigenvalue weighted by atomic mass is 16.1. The van der Waals surface area contributed by atoms with E-state index >= 15 is 0 Å². The molecule has 1 aromatic heterocycles. The molecule has 5 nitrogen and oxygen atoms in total. The van der Waals surface area contributed by atoms with Crippen LogP contribution in [0.4, 0.5) is 0 Å². The Balaban J connectivity index is 1.48. The van der Waals surface area contributed by atoms with E-state index in [0.29, 0.717) is 10.9 Å². The van der Waals surface area contributed by atoms with Gasteiger partial charge in [-0.15, -0.1) is 5.10 Å². The van der Waals surface area contributed by atoms with Crippen molar-refractivity contribution in [1.29, 1.82) is 0 Å². The third-order valence-electron chi connectivity index (χ3n) is 4.74. The van der Waals surface area contributed by atoms with Gasteiger partial charge < -0.3 is 0 Å². The molecule has 0 bridgehead atoms. The summed E-state index contributed by atoms with van der Waals surface area (Å²) in [5, 5.41) is 9.03. The van der Waals surface area contributed by atoms with Crippen molar-refractivity contribution in [2.45, 2.75) is 25.4 Å². The zero-order chi connectivity index (χ0) is 16.4. The van der Waals surface area contributed by atoms with Crippen molar-refractivity contribution >= 4 is 10.9 Å². The quantitative estimate of drug-likeness (QED) is 0.744. The summed E-state index contributed by atoms with van der Waals surface area (Å²) in [4.78, 5) is 15.1. The Hall–Kier alpha value is -2.53. The lowest BCUT2D eigenvalue weighted by atomic mass is 10.0. The summed E-state index contributed by atoms with van der Waals surface area (Å²) in [6.45, 7) is 2.91. The predicted molar refractivity (Wildman–Crippen MR) is 93.8 cm³/mol. The molecule has 3 aromatic rings.